The molecular weight excluding hydrogens is 216 g/mol. The average molecular weight is 242 g/mol. The molecule has 17 heavy (non-hydrogen) atoms. The molecular formula is C13H26N2O2. The van der Waals surface area contributed by atoms with Gasteiger partial charge in [0, 0.05) is 17.0 Å². The van der Waals surface area contributed by atoms with Crippen molar-refractivity contribution in [2.24, 2.45) is 16.6 Å². The summed E-state index contributed by atoms with van der Waals surface area (Å²) in [7, 11) is 0. The first-order chi connectivity index (χ1) is 7.40. The zero-order valence-electron chi connectivity index (χ0n) is 11.8. The number of aliphatic hydroxyl groups is 1. The van der Waals surface area contributed by atoms with Gasteiger partial charge in [-0.3, -0.25) is 4.79 Å². The van der Waals surface area contributed by atoms with Gasteiger partial charge in [-0.05, 0) is 34.1 Å². The minimum absolute atomic E-state index is 0.0339. The fraction of sp³-hybridized carbons (Fsp3) is 0.923. The van der Waals surface area contributed by atoms with Gasteiger partial charge in [-0.25, -0.2) is 0 Å². The van der Waals surface area contributed by atoms with E-state index in [2.05, 4.69) is 5.32 Å². The van der Waals surface area contributed by atoms with Gasteiger partial charge in [0.15, 0.2) is 0 Å². The molecule has 100 valence electrons. The number of hydrogen-bond acceptors (Lipinski definition) is 3. The Bertz CT molecular complexity index is 316. The van der Waals surface area contributed by atoms with E-state index in [4.69, 9.17) is 5.73 Å². The Hall–Kier alpha value is -0.610. The Balaban J connectivity index is 2.69. The second kappa shape index (κ2) is 3.95. The van der Waals surface area contributed by atoms with Gasteiger partial charge in [0.25, 0.3) is 0 Å². The lowest BCUT2D eigenvalue weighted by atomic mass is 9.64. The van der Waals surface area contributed by atoms with Crippen molar-refractivity contribution >= 4 is 5.91 Å². The fourth-order valence-corrected chi connectivity index (χ4v) is 1.78. The molecule has 0 aromatic carbocycles. The summed E-state index contributed by atoms with van der Waals surface area (Å²) in [6, 6.07) is 0.0339. The summed E-state index contributed by atoms with van der Waals surface area (Å²) in [6.45, 7) is 11.3. The van der Waals surface area contributed by atoms with Gasteiger partial charge in [0.2, 0.25) is 5.91 Å². The van der Waals surface area contributed by atoms with Crippen LogP contribution in [0.3, 0.4) is 0 Å². The van der Waals surface area contributed by atoms with Crippen molar-refractivity contribution in [3.63, 3.8) is 0 Å². The molecule has 2 atom stereocenters. The van der Waals surface area contributed by atoms with Crippen LogP contribution in [0.1, 0.15) is 48.0 Å². The van der Waals surface area contributed by atoms with E-state index >= 15 is 0 Å². The van der Waals surface area contributed by atoms with E-state index in [-0.39, 0.29) is 23.5 Å². The topological polar surface area (TPSA) is 75.3 Å². The molecule has 0 radical (unpaired) electrons. The zero-order chi connectivity index (χ0) is 13.6. The van der Waals surface area contributed by atoms with Crippen molar-refractivity contribution in [3.05, 3.63) is 0 Å². The van der Waals surface area contributed by atoms with Gasteiger partial charge >= 0.3 is 0 Å². The summed E-state index contributed by atoms with van der Waals surface area (Å²) in [5, 5.41) is 12.7. The molecule has 4 heteroatoms. The molecule has 0 spiro atoms. The zero-order valence-corrected chi connectivity index (χ0v) is 11.8. The molecule has 0 saturated heterocycles. The molecule has 1 rings (SSSR count). The van der Waals surface area contributed by atoms with E-state index < -0.39 is 11.0 Å². The Labute approximate surface area is 104 Å². The predicted molar refractivity (Wildman–Crippen MR) is 68.4 cm³/mol. The van der Waals surface area contributed by atoms with E-state index in [0.717, 1.165) is 0 Å². The Morgan fingerprint density at radius 3 is 2.12 bits per heavy atom. The highest BCUT2D eigenvalue weighted by molar-refractivity contribution is 5.83. The monoisotopic (exact) mass is 242 g/mol. The minimum Gasteiger partial charge on any atom is -0.392 e. The minimum atomic E-state index is -0.635. The lowest BCUT2D eigenvalue weighted by Gasteiger charge is -2.51. The summed E-state index contributed by atoms with van der Waals surface area (Å²) in [4.78, 5) is 12.2. The highest BCUT2D eigenvalue weighted by Gasteiger charge is 2.50. The number of amides is 1. The first-order valence-electron chi connectivity index (χ1n) is 6.18. The standard InChI is InChI=1S/C13H26N2O2/c1-11(2)8(7-9(11)16)15-10(17)12(3,4)13(5,6)14/h8-9,16H,7,14H2,1-6H3,(H,15,17). The molecule has 0 heterocycles. The molecule has 1 amide bonds. The van der Waals surface area contributed by atoms with Crippen LogP contribution in [0.4, 0.5) is 0 Å². The van der Waals surface area contributed by atoms with Crippen molar-refractivity contribution in [2.45, 2.75) is 65.6 Å². The van der Waals surface area contributed by atoms with Crippen molar-refractivity contribution in [1.29, 1.82) is 0 Å². The summed E-state index contributed by atoms with van der Waals surface area (Å²) in [6.07, 6.45) is 0.293. The van der Waals surface area contributed by atoms with Gasteiger partial charge < -0.3 is 16.2 Å². The third kappa shape index (κ3) is 2.33. The van der Waals surface area contributed by atoms with Crippen LogP contribution in [0.15, 0.2) is 0 Å². The largest absolute Gasteiger partial charge is 0.392 e. The third-order valence-corrected chi connectivity index (χ3v) is 4.70. The first-order valence-corrected chi connectivity index (χ1v) is 6.18. The van der Waals surface area contributed by atoms with Crippen LogP contribution >= 0.6 is 0 Å². The second-order valence-electron chi connectivity index (χ2n) is 6.95. The number of carbonyl (C=O) groups is 1. The maximum atomic E-state index is 12.2. The van der Waals surface area contributed by atoms with Crippen molar-refractivity contribution in [2.75, 3.05) is 0 Å². The molecule has 0 aromatic heterocycles. The maximum absolute atomic E-state index is 12.2. The van der Waals surface area contributed by atoms with E-state index in [1.807, 2.05) is 41.5 Å². The summed E-state index contributed by atoms with van der Waals surface area (Å²) in [5.74, 6) is -0.0463. The van der Waals surface area contributed by atoms with Crippen molar-refractivity contribution < 1.29 is 9.90 Å². The van der Waals surface area contributed by atoms with Crippen molar-refractivity contribution in [3.8, 4) is 0 Å². The molecule has 1 aliphatic carbocycles. The summed E-state index contributed by atoms with van der Waals surface area (Å²) in [5.41, 5.74) is 4.57. The molecule has 2 unspecified atom stereocenters. The molecule has 1 saturated carbocycles. The number of rotatable bonds is 3. The lowest BCUT2D eigenvalue weighted by Crippen LogP contribution is -2.65. The quantitative estimate of drug-likeness (QED) is 0.692. The van der Waals surface area contributed by atoms with Crippen LogP contribution < -0.4 is 11.1 Å². The fourth-order valence-electron chi connectivity index (χ4n) is 1.78. The number of hydrogen-bond donors (Lipinski definition) is 3. The highest BCUT2D eigenvalue weighted by Crippen LogP contribution is 2.41. The van der Waals surface area contributed by atoms with Crippen LogP contribution in [0.25, 0.3) is 0 Å². The average Bonchev–Trinajstić information content (AvgIpc) is 2.15. The number of nitrogens with two attached hydrogens (primary N) is 1. The van der Waals surface area contributed by atoms with Crippen LogP contribution in [0.2, 0.25) is 0 Å². The van der Waals surface area contributed by atoms with Crippen LogP contribution in [0.5, 0.6) is 0 Å². The molecule has 4 N–H and O–H groups in total. The van der Waals surface area contributed by atoms with Gasteiger partial charge in [0.05, 0.1) is 11.5 Å². The first kappa shape index (κ1) is 14.5. The molecule has 4 nitrogen and oxygen atoms in total. The van der Waals surface area contributed by atoms with Gasteiger partial charge in [-0.15, -0.1) is 0 Å². The highest BCUT2D eigenvalue weighted by atomic mass is 16.3. The molecule has 1 aliphatic rings. The third-order valence-electron chi connectivity index (χ3n) is 4.70. The molecule has 0 aliphatic heterocycles. The Morgan fingerprint density at radius 1 is 1.35 bits per heavy atom. The van der Waals surface area contributed by atoms with Crippen LogP contribution in [-0.4, -0.2) is 28.7 Å². The van der Waals surface area contributed by atoms with Gasteiger partial charge in [-0.1, -0.05) is 13.8 Å². The normalized spacial score (nSPS) is 28.5. The molecule has 0 bridgehead atoms. The summed E-state index contributed by atoms with van der Waals surface area (Å²) < 4.78 is 0. The summed E-state index contributed by atoms with van der Waals surface area (Å²) >= 11 is 0. The number of aliphatic hydroxyl groups excluding tert-OH is 1. The molecule has 1 fully saturated rings. The van der Waals surface area contributed by atoms with E-state index in [1.54, 1.807) is 0 Å². The lowest BCUT2D eigenvalue weighted by molar-refractivity contribution is -0.140. The van der Waals surface area contributed by atoms with Crippen LogP contribution in [-0.2, 0) is 4.79 Å². The second-order valence-corrected chi connectivity index (χ2v) is 6.95. The van der Waals surface area contributed by atoms with Crippen LogP contribution in [0, 0.1) is 10.8 Å². The van der Waals surface area contributed by atoms with E-state index in [0.29, 0.717) is 6.42 Å². The Morgan fingerprint density at radius 2 is 1.82 bits per heavy atom. The van der Waals surface area contributed by atoms with E-state index in [9.17, 15) is 9.90 Å². The van der Waals surface area contributed by atoms with Gasteiger partial charge in [-0.2, -0.15) is 0 Å². The molecule has 0 aromatic rings. The smallest absolute Gasteiger partial charge is 0.227 e. The van der Waals surface area contributed by atoms with Crippen molar-refractivity contribution in [1.82, 2.24) is 5.32 Å². The maximum Gasteiger partial charge on any atom is 0.227 e. The van der Waals surface area contributed by atoms with Gasteiger partial charge in [0.1, 0.15) is 0 Å². The van der Waals surface area contributed by atoms with E-state index in [1.165, 1.54) is 0 Å². The SMILES string of the molecule is CC1(C)C(O)CC1NC(=O)C(C)(C)C(C)(C)N. The Kier molecular flexibility index (Phi) is 3.36. The predicted octanol–water partition coefficient (Wildman–Crippen LogP) is 1.03. The number of nitrogens with one attached hydrogen (secondary N) is 1. The number of carbonyl (C=O) groups excluding carboxylic acids is 1.